The van der Waals surface area contributed by atoms with E-state index in [9.17, 15) is 9.59 Å². The number of amides is 1. The first kappa shape index (κ1) is 18.3. The summed E-state index contributed by atoms with van der Waals surface area (Å²) in [4.78, 5) is 22.8. The third-order valence-corrected chi connectivity index (χ3v) is 4.69. The minimum Gasteiger partial charge on any atom is -0.481 e. The average Bonchev–Trinajstić information content (AvgIpc) is 2.59. The van der Waals surface area contributed by atoms with Crippen LogP contribution < -0.4 is 5.32 Å². The summed E-state index contributed by atoms with van der Waals surface area (Å²) in [5.74, 6) is -0.761. The summed E-state index contributed by atoms with van der Waals surface area (Å²) in [5, 5.41) is 11.8. The number of unbranched alkanes of at least 4 members (excludes halogenated alkanes) is 1. The second-order valence-corrected chi connectivity index (χ2v) is 6.63. The smallest absolute Gasteiger partial charge is 0.407 e. The molecule has 0 saturated heterocycles. The Balaban J connectivity index is 1.82. The van der Waals surface area contributed by atoms with Crippen LogP contribution in [0.2, 0.25) is 0 Å². The SMILES string of the molecule is O=C(O)CCCCC1(NC(=O)OCc2ccccc2)CCCCC1. The van der Waals surface area contributed by atoms with Crippen molar-refractivity contribution in [1.29, 1.82) is 0 Å². The fraction of sp³-hybridized carbons (Fsp3) is 0.579. The van der Waals surface area contributed by atoms with Gasteiger partial charge in [0, 0.05) is 12.0 Å². The summed E-state index contributed by atoms with van der Waals surface area (Å²) in [6, 6.07) is 9.62. The van der Waals surface area contributed by atoms with Crippen molar-refractivity contribution in [1.82, 2.24) is 5.32 Å². The van der Waals surface area contributed by atoms with Gasteiger partial charge in [-0.15, -0.1) is 0 Å². The molecule has 2 N–H and O–H groups in total. The molecule has 1 amide bonds. The topological polar surface area (TPSA) is 75.6 Å². The van der Waals surface area contributed by atoms with Gasteiger partial charge in [0.25, 0.3) is 0 Å². The van der Waals surface area contributed by atoms with Crippen LogP contribution in [0.15, 0.2) is 30.3 Å². The second kappa shape index (κ2) is 9.30. The lowest BCUT2D eigenvalue weighted by molar-refractivity contribution is -0.137. The quantitative estimate of drug-likeness (QED) is 0.697. The number of nitrogens with one attached hydrogen (secondary N) is 1. The Labute approximate surface area is 143 Å². The molecule has 1 saturated carbocycles. The van der Waals surface area contributed by atoms with Crippen molar-refractivity contribution in [3.63, 3.8) is 0 Å². The standard InChI is InChI=1S/C19H27NO4/c21-17(22)11-5-8-14-19(12-6-2-7-13-19)20-18(23)24-15-16-9-3-1-4-10-16/h1,3-4,9-10H,2,5-8,11-15H2,(H,20,23)(H,21,22). The van der Waals surface area contributed by atoms with Crippen LogP contribution in [0.1, 0.15) is 63.4 Å². The van der Waals surface area contributed by atoms with Crippen LogP contribution in [-0.4, -0.2) is 22.7 Å². The fourth-order valence-corrected chi connectivity index (χ4v) is 3.38. The number of hydrogen-bond acceptors (Lipinski definition) is 3. The molecule has 1 fully saturated rings. The predicted octanol–water partition coefficient (Wildman–Crippen LogP) is 4.26. The molecule has 0 atom stereocenters. The van der Waals surface area contributed by atoms with Crippen molar-refractivity contribution in [2.75, 3.05) is 0 Å². The molecule has 1 aliphatic rings. The normalized spacial score (nSPS) is 16.3. The molecule has 0 unspecified atom stereocenters. The van der Waals surface area contributed by atoms with Gasteiger partial charge in [0.1, 0.15) is 6.61 Å². The number of carboxylic acids is 1. The Kier molecular flexibility index (Phi) is 7.09. The van der Waals surface area contributed by atoms with Gasteiger partial charge in [0.2, 0.25) is 0 Å². The van der Waals surface area contributed by atoms with E-state index < -0.39 is 5.97 Å². The van der Waals surface area contributed by atoms with Gasteiger partial charge in [0.15, 0.2) is 0 Å². The molecule has 0 spiro atoms. The van der Waals surface area contributed by atoms with E-state index in [1.165, 1.54) is 6.42 Å². The molecule has 2 rings (SSSR count). The first-order chi connectivity index (χ1) is 11.6. The summed E-state index contributed by atoms with van der Waals surface area (Å²) >= 11 is 0. The number of alkyl carbamates (subject to hydrolysis) is 1. The maximum Gasteiger partial charge on any atom is 0.407 e. The van der Waals surface area contributed by atoms with Gasteiger partial charge in [-0.3, -0.25) is 4.79 Å². The molecule has 1 aliphatic carbocycles. The lowest BCUT2D eigenvalue weighted by Crippen LogP contribution is -2.49. The van der Waals surface area contributed by atoms with Gasteiger partial charge in [-0.1, -0.05) is 56.0 Å². The van der Waals surface area contributed by atoms with Gasteiger partial charge in [-0.05, 0) is 31.2 Å². The van der Waals surface area contributed by atoms with Gasteiger partial charge in [-0.25, -0.2) is 4.79 Å². The number of carbonyl (C=O) groups excluding carboxylic acids is 1. The van der Waals surface area contributed by atoms with E-state index in [1.54, 1.807) is 0 Å². The number of carbonyl (C=O) groups is 2. The Morgan fingerprint density at radius 1 is 1.08 bits per heavy atom. The molecule has 1 aromatic rings. The van der Waals surface area contributed by atoms with Crippen molar-refractivity contribution in [2.45, 2.75) is 69.9 Å². The monoisotopic (exact) mass is 333 g/mol. The summed E-state index contributed by atoms with van der Waals surface area (Å²) in [5.41, 5.74) is 0.733. The van der Waals surface area contributed by atoms with Crippen LogP contribution in [0, 0.1) is 0 Å². The maximum atomic E-state index is 12.2. The van der Waals surface area contributed by atoms with E-state index in [-0.39, 0.29) is 24.7 Å². The summed E-state index contributed by atoms with van der Waals surface area (Å²) in [7, 11) is 0. The highest BCUT2D eigenvalue weighted by molar-refractivity contribution is 5.68. The summed E-state index contributed by atoms with van der Waals surface area (Å²) in [6.45, 7) is 0.266. The molecule has 1 aromatic carbocycles. The zero-order valence-corrected chi connectivity index (χ0v) is 14.1. The minimum absolute atomic E-state index is 0.189. The summed E-state index contributed by atoms with van der Waals surface area (Å²) < 4.78 is 5.36. The number of rotatable bonds is 8. The molecule has 132 valence electrons. The van der Waals surface area contributed by atoms with Crippen LogP contribution in [0.4, 0.5) is 4.79 Å². The molecule has 5 heteroatoms. The number of benzene rings is 1. The molecule has 0 radical (unpaired) electrons. The maximum absolute atomic E-state index is 12.2. The molecule has 0 aromatic heterocycles. The van der Waals surface area contributed by atoms with Crippen LogP contribution in [-0.2, 0) is 16.1 Å². The van der Waals surface area contributed by atoms with Crippen molar-refractivity contribution >= 4 is 12.1 Å². The van der Waals surface area contributed by atoms with Crippen molar-refractivity contribution in [3.05, 3.63) is 35.9 Å². The molecule has 0 heterocycles. The molecule has 0 aliphatic heterocycles. The molecular formula is C19H27NO4. The van der Waals surface area contributed by atoms with Crippen LogP contribution in [0.25, 0.3) is 0 Å². The van der Waals surface area contributed by atoms with Gasteiger partial charge in [-0.2, -0.15) is 0 Å². The highest BCUT2D eigenvalue weighted by Gasteiger charge is 2.33. The number of ether oxygens (including phenoxy) is 1. The van der Waals surface area contributed by atoms with Gasteiger partial charge >= 0.3 is 12.1 Å². The highest BCUT2D eigenvalue weighted by Crippen LogP contribution is 2.32. The Hall–Kier alpha value is -2.04. The summed E-state index contributed by atoms with van der Waals surface area (Å²) in [6.07, 6.45) is 7.37. The third kappa shape index (κ3) is 6.22. The van der Waals surface area contributed by atoms with E-state index in [4.69, 9.17) is 9.84 Å². The van der Waals surface area contributed by atoms with Crippen LogP contribution in [0.3, 0.4) is 0 Å². The lowest BCUT2D eigenvalue weighted by atomic mass is 9.78. The molecule has 24 heavy (non-hydrogen) atoms. The number of carboxylic acid groups (broad SMARTS) is 1. The van der Waals surface area contributed by atoms with Gasteiger partial charge in [0.05, 0.1) is 0 Å². The Morgan fingerprint density at radius 3 is 2.46 bits per heavy atom. The zero-order valence-electron chi connectivity index (χ0n) is 14.1. The van der Waals surface area contributed by atoms with Crippen molar-refractivity contribution in [3.8, 4) is 0 Å². The lowest BCUT2D eigenvalue weighted by Gasteiger charge is -2.38. The largest absolute Gasteiger partial charge is 0.481 e. The highest BCUT2D eigenvalue weighted by atomic mass is 16.5. The van der Waals surface area contributed by atoms with E-state index in [1.807, 2.05) is 30.3 Å². The van der Waals surface area contributed by atoms with Crippen LogP contribution >= 0.6 is 0 Å². The molecule has 5 nitrogen and oxygen atoms in total. The van der Waals surface area contributed by atoms with Crippen LogP contribution in [0.5, 0.6) is 0 Å². The van der Waals surface area contributed by atoms with Gasteiger partial charge < -0.3 is 15.2 Å². The predicted molar refractivity (Wildman–Crippen MR) is 91.7 cm³/mol. The average molecular weight is 333 g/mol. The van der Waals surface area contributed by atoms with Crippen molar-refractivity contribution in [2.24, 2.45) is 0 Å². The van der Waals surface area contributed by atoms with E-state index in [2.05, 4.69) is 5.32 Å². The zero-order chi connectivity index (χ0) is 17.3. The van der Waals surface area contributed by atoms with E-state index in [0.717, 1.165) is 44.1 Å². The third-order valence-electron chi connectivity index (χ3n) is 4.69. The number of hydrogen-bond donors (Lipinski definition) is 2. The first-order valence-corrected chi connectivity index (χ1v) is 8.80. The fourth-order valence-electron chi connectivity index (χ4n) is 3.38. The van der Waals surface area contributed by atoms with E-state index >= 15 is 0 Å². The van der Waals surface area contributed by atoms with E-state index in [0.29, 0.717) is 6.42 Å². The first-order valence-electron chi connectivity index (χ1n) is 8.80. The number of aliphatic carboxylic acids is 1. The Morgan fingerprint density at radius 2 is 1.79 bits per heavy atom. The molecular weight excluding hydrogens is 306 g/mol. The Bertz CT molecular complexity index is 523. The van der Waals surface area contributed by atoms with Crippen molar-refractivity contribution < 1.29 is 19.4 Å². The molecule has 0 bridgehead atoms. The second-order valence-electron chi connectivity index (χ2n) is 6.63. The minimum atomic E-state index is -0.761.